The second kappa shape index (κ2) is 12.0. The summed E-state index contributed by atoms with van der Waals surface area (Å²) in [6.45, 7) is 0. The van der Waals surface area contributed by atoms with Gasteiger partial charge in [0.05, 0.1) is 11.2 Å². The van der Waals surface area contributed by atoms with Crippen LogP contribution in [0.25, 0.3) is 78.6 Å². The quantitative estimate of drug-likeness (QED) is 0.194. The number of rotatable bonds is 6. The van der Waals surface area contributed by atoms with Gasteiger partial charge in [0.2, 0.25) is 0 Å². The van der Waals surface area contributed by atoms with Gasteiger partial charge in [0.1, 0.15) is 0 Å². The standard InChI is InChI=1S/C42H28N4/c1-5-14-29(15-6-1)33-22-13-23-34(28-33)41-44-40(32-20-11-4-12-21-32)45-42(46-41)37-25-24-35(30-16-7-2-8-17-30)36-26-27-38(43-39(36)37)31-18-9-3-10-19-31/h1-28H. The van der Waals surface area contributed by atoms with Crippen molar-refractivity contribution in [2.24, 2.45) is 0 Å². The van der Waals surface area contributed by atoms with Gasteiger partial charge in [-0.3, -0.25) is 0 Å². The maximum Gasteiger partial charge on any atom is 0.166 e. The zero-order valence-corrected chi connectivity index (χ0v) is 25.0. The lowest BCUT2D eigenvalue weighted by Crippen LogP contribution is -2.01. The van der Waals surface area contributed by atoms with Crippen molar-refractivity contribution >= 4 is 10.9 Å². The topological polar surface area (TPSA) is 51.6 Å². The van der Waals surface area contributed by atoms with Gasteiger partial charge < -0.3 is 0 Å². The Morgan fingerprint density at radius 2 is 0.783 bits per heavy atom. The SMILES string of the molecule is c1ccc(-c2cccc(-c3nc(-c4ccccc4)nc(-c4ccc(-c5ccccc5)c5ccc(-c6ccccc6)nc45)n3)c2)cc1. The van der Waals surface area contributed by atoms with Crippen molar-refractivity contribution in [3.05, 3.63) is 170 Å². The molecule has 8 aromatic rings. The van der Waals surface area contributed by atoms with Crippen molar-refractivity contribution in [1.82, 2.24) is 19.9 Å². The van der Waals surface area contributed by atoms with E-state index in [4.69, 9.17) is 19.9 Å². The molecule has 0 unspecified atom stereocenters. The molecule has 6 aromatic carbocycles. The summed E-state index contributed by atoms with van der Waals surface area (Å²) >= 11 is 0. The molecule has 2 heterocycles. The van der Waals surface area contributed by atoms with Crippen LogP contribution in [0.1, 0.15) is 0 Å². The first kappa shape index (κ1) is 27.3. The Balaban J connectivity index is 1.37. The monoisotopic (exact) mass is 588 g/mol. The maximum absolute atomic E-state index is 5.27. The summed E-state index contributed by atoms with van der Waals surface area (Å²) in [5, 5.41) is 1.04. The van der Waals surface area contributed by atoms with Crippen LogP contribution in [0.5, 0.6) is 0 Å². The van der Waals surface area contributed by atoms with Gasteiger partial charge in [-0.25, -0.2) is 19.9 Å². The van der Waals surface area contributed by atoms with E-state index in [2.05, 4.69) is 109 Å². The number of hydrogen-bond acceptors (Lipinski definition) is 4. The summed E-state index contributed by atoms with van der Waals surface area (Å²) in [6, 6.07) is 58.0. The molecule has 0 aliphatic rings. The van der Waals surface area contributed by atoms with Gasteiger partial charge in [-0.15, -0.1) is 0 Å². The van der Waals surface area contributed by atoms with Gasteiger partial charge in [-0.2, -0.15) is 0 Å². The molecule has 0 radical (unpaired) electrons. The van der Waals surface area contributed by atoms with Gasteiger partial charge in [-0.05, 0) is 46.5 Å². The molecule has 8 rings (SSSR count). The molecular weight excluding hydrogens is 560 g/mol. The lowest BCUT2D eigenvalue weighted by molar-refractivity contribution is 1.07. The van der Waals surface area contributed by atoms with E-state index >= 15 is 0 Å². The Kier molecular flexibility index (Phi) is 7.14. The Hall–Kier alpha value is -6.26. The highest BCUT2D eigenvalue weighted by Gasteiger charge is 2.18. The fraction of sp³-hybridized carbons (Fsp3) is 0. The highest BCUT2D eigenvalue weighted by atomic mass is 15.0. The molecule has 0 N–H and O–H groups in total. The molecule has 4 nitrogen and oxygen atoms in total. The van der Waals surface area contributed by atoms with Crippen molar-refractivity contribution in [2.45, 2.75) is 0 Å². The Labute approximate surface area is 267 Å². The second-order valence-electron chi connectivity index (χ2n) is 11.1. The normalized spacial score (nSPS) is 11.0. The fourth-order valence-corrected chi connectivity index (χ4v) is 5.85. The number of pyridine rings is 1. The molecule has 0 saturated carbocycles. The van der Waals surface area contributed by atoms with E-state index in [1.165, 1.54) is 0 Å². The van der Waals surface area contributed by atoms with Crippen LogP contribution in [0.4, 0.5) is 0 Å². The molecule has 0 fully saturated rings. The average molecular weight is 589 g/mol. The van der Waals surface area contributed by atoms with E-state index in [-0.39, 0.29) is 0 Å². The van der Waals surface area contributed by atoms with Gasteiger partial charge in [-0.1, -0.05) is 146 Å². The minimum atomic E-state index is 0.580. The molecule has 0 bridgehead atoms. The average Bonchev–Trinajstić information content (AvgIpc) is 3.15. The number of benzene rings is 6. The maximum atomic E-state index is 5.27. The molecule has 0 spiro atoms. The molecule has 0 saturated heterocycles. The molecular formula is C42H28N4. The van der Waals surface area contributed by atoms with Crippen LogP contribution in [0.2, 0.25) is 0 Å². The van der Waals surface area contributed by atoms with Crippen LogP contribution in [0, 0.1) is 0 Å². The summed E-state index contributed by atoms with van der Waals surface area (Å²) in [4.78, 5) is 20.5. The van der Waals surface area contributed by atoms with Crippen LogP contribution in [-0.2, 0) is 0 Å². The first-order valence-corrected chi connectivity index (χ1v) is 15.3. The number of aromatic nitrogens is 4. The van der Waals surface area contributed by atoms with E-state index in [1.54, 1.807) is 0 Å². The molecule has 2 aromatic heterocycles. The predicted molar refractivity (Wildman–Crippen MR) is 188 cm³/mol. The third-order valence-electron chi connectivity index (χ3n) is 8.15. The zero-order valence-electron chi connectivity index (χ0n) is 25.0. The first-order valence-electron chi connectivity index (χ1n) is 15.3. The van der Waals surface area contributed by atoms with E-state index in [9.17, 15) is 0 Å². The van der Waals surface area contributed by atoms with Crippen LogP contribution >= 0.6 is 0 Å². The minimum absolute atomic E-state index is 0.580. The van der Waals surface area contributed by atoms with Gasteiger partial charge in [0.25, 0.3) is 0 Å². The highest BCUT2D eigenvalue weighted by Crippen LogP contribution is 2.36. The van der Waals surface area contributed by atoms with Gasteiger partial charge in [0.15, 0.2) is 17.5 Å². The predicted octanol–water partition coefficient (Wildman–Crippen LogP) is 10.4. The van der Waals surface area contributed by atoms with Crippen LogP contribution in [0.15, 0.2) is 170 Å². The number of nitrogens with zero attached hydrogens (tertiary/aromatic N) is 4. The Bertz CT molecular complexity index is 2290. The third-order valence-corrected chi connectivity index (χ3v) is 8.15. The van der Waals surface area contributed by atoms with E-state index < -0.39 is 0 Å². The number of fused-ring (bicyclic) bond motifs is 1. The molecule has 46 heavy (non-hydrogen) atoms. The zero-order chi connectivity index (χ0) is 30.7. The smallest absolute Gasteiger partial charge is 0.166 e. The second-order valence-corrected chi connectivity index (χ2v) is 11.1. The van der Waals surface area contributed by atoms with E-state index in [0.29, 0.717) is 17.5 Å². The molecule has 0 aliphatic heterocycles. The van der Waals surface area contributed by atoms with Crippen molar-refractivity contribution < 1.29 is 0 Å². The summed E-state index contributed by atoms with van der Waals surface area (Å²) < 4.78 is 0. The van der Waals surface area contributed by atoms with Gasteiger partial charge in [0, 0.05) is 27.6 Å². The Morgan fingerprint density at radius 1 is 0.283 bits per heavy atom. The lowest BCUT2D eigenvalue weighted by atomic mass is 9.96. The summed E-state index contributed by atoms with van der Waals surface area (Å²) in [6.07, 6.45) is 0. The molecule has 0 aliphatic carbocycles. The van der Waals surface area contributed by atoms with Crippen molar-refractivity contribution in [1.29, 1.82) is 0 Å². The van der Waals surface area contributed by atoms with E-state index in [1.807, 2.05) is 60.7 Å². The van der Waals surface area contributed by atoms with Crippen LogP contribution in [-0.4, -0.2) is 19.9 Å². The van der Waals surface area contributed by atoms with Gasteiger partial charge >= 0.3 is 0 Å². The lowest BCUT2D eigenvalue weighted by Gasteiger charge is -2.14. The molecule has 4 heteroatoms. The minimum Gasteiger partial charge on any atom is -0.247 e. The van der Waals surface area contributed by atoms with Crippen molar-refractivity contribution in [3.63, 3.8) is 0 Å². The largest absolute Gasteiger partial charge is 0.247 e. The van der Waals surface area contributed by atoms with Crippen LogP contribution in [0.3, 0.4) is 0 Å². The summed E-state index contributed by atoms with van der Waals surface area (Å²) in [5.74, 6) is 1.81. The summed E-state index contributed by atoms with van der Waals surface area (Å²) in [5.41, 5.74) is 9.99. The third kappa shape index (κ3) is 5.33. The fourth-order valence-electron chi connectivity index (χ4n) is 5.85. The first-order chi connectivity index (χ1) is 22.8. The van der Waals surface area contributed by atoms with Crippen molar-refractivity contribution in [2.75, 3.05) is 0 Å². The molecule has 216 valence electrons. The van der Waals surface area contributed by atoms with Crippen LogP contribution < -0.4 is 0 Å². The molecule has 0 atom stereocenters. The summed E-state index contributed by atoms with van der Waals surface area (Å²) in [7, 11) is 0. The highest BCUT2D eigenvalue weighted by molar-refractivity contribution is 6.02. The van der Waals surface area contributed by atoms with E-state index in [0.717, 1.165) is 61.1 Å². The van der Waals surface area contributed by atoms with Crippen molar-refractivity contribution in [3.8, 4) is 67.7 Å². The number of hydrogen-bond donors (Lipinski definition) is 0. The Morgan fingerprint density at radius 3 is 1.46 bits per heavy atom. The molecule has 0 amide bonds.